The van der Waals surface area contributed by atoms with E-state index in [9.17, 15) is 4.79 Å². The van der Waals surface area contributed by atoms with Gasteiger partial charge >= 0.3 is 0 Å². The summed E-state index contributed by atoms with van der Waals surface area (Å²) in [5, 5.41) is 6.06. The monoisotopic (exact) mass is 157 g/mol. The van der Waals surface area contributed by atoms with Gasteiger partial charge in [0.2, 0.25) is 5.91 Å². The molecule has 0 bridgehead atoms. The van der Waals surface area contributed by atoms with E-state index in [0.29, 0.717) is 6.42 Å². The van der Waals surface area contributed by atoms with Gasteiger partial charge in [-0.1, -0.05) is 0 Å². The zero-order chi connectivity index (χ0) is 8.43. The Hall–Kier alpha value is -0.610. The van der Waals surface area contributed by atoms with E-state index in [-0.39, 0.29) is 18.2 Å². The van der Waals surface area contributed by atoms with Crippen molar-refractivity contribution < 1.29 is 4.79 Å². The van der Waals surface area contributed by atoms with Gasteiger partial charge in [-0.2, -0.15) is 0 Å². The second-order valence-electron chi connectivity index (χ2n) is 3.21. The Morgan fingerprint density at radius 2 is 2.18 bits per heavy atom. The van der Waals surface area contributed by atoms with Crippen LogP contribution in [0, 0.1) is 0 Å². The molecular formula is C7H15N3O. The third kappa shape index (κ3) is 2.17. The Morgan fingerprint density at radius 1 is 1.55 bits per heavy atom. The molecule has 0 aromatic carbocycles. The average molecular weight is 157 g/mol. The number of nitrogens with zero attached hydrogens (tertiary/aromatic N) is 1. The van der Waals surface area contributed by atoms with Crippen LogP contribution in [0.2, 0.25) is 0 Å². The quantitative estimate of drug-likeness (QED) is 0.530. The van der Waals surface area contributed by atoms with Crippen LogP contribution in [0.3, 0.4) is 0 Å². The summed E-state index contributed by atoms with van der Waals surface area (Å²) >= 11 is 0. The summed E-state index contributed by atoms with van der Waals surface area (Å²) < 4.78 is 0. The summed E-state index contributed by atoms with van der Waals surface area (Å²) in [4.78, 5) is 12.9. The predicted molar refractivity (Wildman–Crippen MR) is 42.8 cm³/mol. The molecule has 1 saturated heterocycles. The van der Waals surface area contributed by atoms with E-state index in [4.69, 9.17) is 0 Å². The normalized spacial score (nSPS) is 32.2. The lowest BCUT2D eigenvalue weighted by Crippen LogP contribution is -2.61. The van der Waals surface area contributed by atoms with E-state index in [1.54, 1.807) is 0 Å². The van der Waals surface area contributed by atoms with Gasteiger partial charge in [0.25, 0.3) is 0 Å². The van der Waals surface area contributed by atoms with Gasteiger partial charge in [0.1, 0.15) is 6.29 Å². The Morgan fingerprint density at radius 3 is 2.64 bits per heavy atom. The molecule has 1 amide bonds. The lowest BCUT2D eigenvalue weighted by atomic mass is 10.2. The van der Waals surface area contributed by atoms with Crippen molar-refractivity contribution in [1.29, 1.82) is 0 Å². The first-order chi connectivity index (χ1) is 5.09. The van der Waals surface area contributed by atoms with E-state index < -0.39 is 0 Å². The highest BCUT2D eigenvalue weighted by atomic mass is 16.2. The van der Waals surface area contributed by atoms with Gasteiger partial charge in [0.15, 0.2) is 0 Å². The average Bonchev–Trinajstić information content (AvgIpc) is 1.85. The Bertz CT molecular complexity index is 158. The van der Waals surface area contributed by atoms with Crippen LogP contribution in [0.4, 0.5) is 0 Å². The molecule has 1 aliphatic rings. The lowest BCUT2D eigenvalue weighted by Gasteiger charge is -2.33. The zero-order valence-corrected chi connectivity index (χ0v) is 7.22. The number of amides is 1. The number of carbonyl (C=O) groups excluding carboxylic acids is 1. The number of hydrogen-bond acceptors (Lipinski definition) is 3. The standard InChI is InChI=1S/C7H15N3O/c1-5-4-6(11)9-7(8-5)10(2)3/h5,7-8H,4H2,1-3H3,(H,9,11). The van der Waals surface area contributed by atoms with Gasteiger partial charge in [-0.05, 0) is 21.0 Å². The minimum Gasteiger partial charge on any atom is -0.328 e. The van der Waals surface area contributed by atoms with Crippen LogP contribution in [0.25, 0.3) is 0 Å². The largest absolute Gasteiger partial charge is 0.328 e. The number of hydrogen-bond donors (Lipinski definition) is 2. The van der Waals surface area contributed by atoms with Crippen LogP contribution in [0.15, 0.2) is 0 Å². The first-order valence-electron chi connectivity index (χ1n) is 3.81. The molecule has 4 heteroatoms. The minimum atomic E-state index is -0.00810. The van der Waals surface area contributed by atoms with Crippen LogP contribution in [-0.4, -0.2) is 37.2 Å². The van der Waals surface area contributed by atoms with Crippen LogP contribution >= 0.6 is 0 Å². The van der Waals surface area contributed by atoms with Gasteiger partial charge in [0, 0.05) is 12.5 Å². The van der Waals surface area contributed by atoms with Crippen LogP contribution in [0.1, 0.15) is 13.3 Å². The fraction of sp³-hybridized carbons (Fsp3) is 0.857. The molecule has 2 unspecified atom stereocenters. The fourth-order valence-electron chi connectivity index (χ4n) is 1.14. The minimum absolute atomic E-state index is 0.00810. The van der Waals surface area contributed by atoms with Gasteiger partial charge in [0.05, 0.1) is 0 Å². The van der Waals surface area contributed by atoms with Crippen LogP contribution < -0.4 is 10.6 Å². The maximum Gasteiger partial charge on any atom is 0.223 e. The summed E-state index contributed by atoms with van der Waals surface area (Å²) in [5.41, 5.74) is 0. The lowest BCUT2D eigenvalue weighted by molar-refractivity contribution is -0.126. The molecule has 2 atom stereocenters. The van der Waals surface area contributed by atoms with Crippen LogP contribution in [0.5, 0.6) is 0 Å². The van der Waals surface area contributed by atoms with Gasteiger partial charge in [-0.3, -0.25) is 15.0 Å². The molecule has 0 radical (unpaired) electrons. The van der Waals surface area contributed by atoms with E-state index >= 15 is 0 Å². The van der Waals surface area contributed by atoms with Crippen molar-refractivity contribution in [1.82, 2.24) is 15.5 Å². The third-order valence-electron chi connectivity index (χ3n) is 1.75. The second kappa shape index (κ2) is 3.19. The molecule has 0 aromatic heterocycles. The molecule has 64 valence electrons. The first kappa shape index (κ1) is 8.49. The highest BCUT2D eigenvalue weighted by Crippen LogP contribution is 2.00. The molecule has 0 spiro atoms. The summed E-state index contributed by atoms with van der Waals surface area (Å²) in [6, 6.07) is 0.274. The van der Waals surface area contributed by atoms with Crippen molar-refractivity contribution in [2.24, 2.45) is 0 Å². The number of rotatable bonds is 1. The SMILES string of the molecule is CC1CC(=O)NC(N(C)C)N1. The summed E-state index contributed by atoms with van der Waals surface area (Å²) in [6.45, 7) is 2.01. The topological polar surface area (TPSA) is 44.4 Å². The second-order valence-corrected chi connectivity index (χ2v) is 3.21. The highest BCUT2D eigenvalue weighted by molar-refractivity contribution is 5.77. The number of nitrogens with one attached hydrogen (secondary N) is 2. The predicted octanol–water partition coefficient (Wildman–Crippen LogP) is -0.670. The molecule has 1 aliphatic heterocycles. The molecule has 0 aliphatic carbocycles. The molecule has 1 rings (SSSR count). The van der Waals surface area contributed by atoms with Crippen molar-refractivity contribution in [2.75, 3.05) is 14.1 Å². The van der Waals surface area contributed by atoms with E-state index in [1.807, 2.05) is 25.9 Å². The van der Waals surface area contributed by atoms with E-state index in [0.717, 1.165) is 0 Å². The van der Waals surface area contributed by atoms with Crippen molar-refractivity contribution in [3.05, 3.63) is 0 Å². The molecule has 4 nitrogen and oxygen atoms in total. The summed E-state index contributed by atoms with van der Waals surface area (Å²) in [5.74, 6) is 0.120. The van der Waals surface area contributed by atoms with Crippen molar-refractivity contribution >= 4 is 5.91 Å². The maximum atomic E-state index is 11.0. The third-order valence-corrected chi connectivity index (χ3v) is 1.75. The Labute approximate surface area is 66.9 Å². The smallest absolute Gasteiger partial charge is 0.223 e. The molecule has 11 heavy (non-hydrogen) atoms. The molecule has 2 N–H and O–H groups in total. The Balaban J connectivity index is 2.49. The Kier molecular flexibility index (Phi) is 2.46. The molecule has 0 saturated carbocycles. The molecule has 1 heterocycles. The molecular weight excluding hydrogens is 142 g/mol. The van der Waals surface area contributed by atoms with Crippen molar-refractivity contribution in [3.8, 4) is 0 Å². The summed E-state index contributed by atoms with van der Waals surface area (Å²) in [7, 11) is 3.85. The van der Waals surface area contributed by atoms with Gasteiger partial charge in [-0.15, -0.1) is 0 Å². The van der Waals surface area contributed by atoms with Gasteiger partial charge in [-0.25, -0.2) is 0 Å². The zero-order valence-electron chi connectivity index (χ0n) is 7.22. The van der Waals surface area contributed by atoms with Crippen molar-refractivity contribution in [3.63, 3.8) is 0 Å². The van der Waals surface area contributed by atoms with Crippen LogP contribution in [-0.2, 0) is 4.79 Å². The summed E-state index contributed by atoms with van der Waals surface area (Å²) in [6.07, 6.45) is 0.566. The van der Waals surface area contributed by atoms with E-state index in [2.05, 4.69) is 10.6 Å². The number of carbonyl (C=O) groups is 1. The highest BCUT2D eigenvalue weighted by Gasteiger charge is 2.23. The van der Waals surface area contributed by atoms with Crippen molar-refractivity contribution in [2.45, 2.75) is 25.7 Å². The van der Waals surface area contributed by atoms with Gasteiger partial charge < -0.3 is 5.32 Å². The molecule has 0 aromatic rings. The maximum absolute atomic E-state index is 11.0. The fourth-order valence-corrected chi connectivity index (χ4v) is 1.14. The van der Waals surface area contributed by atoms with E-state index in [1.165, 1.54) is 0 Å². The molecule has 1 fully saturated rings. The first-order valence-corrected chi connectivity index (χ1v) is 3.81.